The smallest absolute Gasteiger partial charge is 0.466 e. The zero-order valence-electron chi connectivity index (χ0n) is 18.9. The standard InChI is InChI=1S/C18H24O2.C5H10O2.H3O4P/c1-18-9-8-14-13-5-3-12(19)10-11(13)2-4-15(14)16(18)6-7-17(18)20;1-2-3-4-5(6)7;1-5(2,3)4/h3,5,10,14-17,19-20H,2,4,6-9H2,1H3;2-4H2,1H3,(H,6,7);(H3,1,2,3,4)/t14-,15-,16+,17+,18+;;/m1../s1. The Labute approximate surface area is 189 Å². The Morgan fingerprint density at radius 3 is 2.38 bits per heavy atom. The normalized spacial score (nSPS) is 30.4. The summed E-state index contributed by atoms with van der Waals surface area (Å²) in [5, 5.41) is 28.1. The zero-order chi connectivity index (χ0) is 24.1. The first-order valence-corrected chi connectivity index (χ1v) is 12.9. The van der Waals surface area contributed by atoms with E-state index in [0.29, 0.717) is 24.0 Å². The van der Waals surface area contributed by atoms with Crippen LogP contribution in [0.2, 0.25) is 0 Å². The van der Waals surface area contributed by atoms with E-state index in [0.717, 1.165) is 38.0 Å². The summed E-state index contributed by atoms with van der Waals surface area (Å²) >= 11 is 0. The molecule has 3 aliphatic carbocycles. The van der Waals surface area contributed by atoms with Gasteiger partial charge in [0.2, 0.25) is 0 Å². The van der Waals surface area contributed by atoms with Gasteiger partial charge in [0.1, 0.15) is 5.75 Å². The van der Waals surface area contributed by atoms with Crippen molar-refractivity contribution in [2.45, 2.75) is 83.7 Å². The highest BCUT2D eigenvalue weighted by atomic mass is 31.2. The van der Waals surface area contributed by atoms with Gasteiger partial charge in [-0.2, -0.15) is 0 Å². The third-order valence-corrected chi connectivity index (χ3v) is 7.40. The molecule has 0 spiro atoms. The first kappa shape index (κ1) is 26.8. The summed E-state index contributed by atoms with van der Waals surface area (Å²) in [6.07, 6.45) is 8.86. The summed E-state index contributed by atoms with van der Waals surface area (Å²) in [7, 11) is -4.64. The second-order valence-corrected chi connectivity index (χ2v) is 10.5. The highest BCUT2D eigenvalue weighted by Gasteiger charge is 2.54. The number of carbonyl (C=O) groups is 1. The van der Waals surface area contributed by atoms with Gasteiger partial charge in [0, 0.05) is 6.42 Å². The molecule has 8 nitrogen and oxygen atoms in total. The molecule has 182 valence electrons. The number of aryl methyl sites for hydroxylation is 1. The molecule has 0 radical (unpaired) electrons. The van der Waals surface area contributed by atoms with Gasteiger partial charge in [-0.05, 0) is 91.4 Å². The summed E-state index contributed by atoms with van der Waals surface area (Å²) in [6.45, 7) is 4.29. The molecule has 6 N–H and O–H groups in total. The van der Waals surface area contributed by atoms with Gasteiger partial charge in [-0.3, -0.25) is 4.79 Å². The molecule has 3 aliphatic rings. The Morgan fingerprint density at radius 2 is 1.81 bits per heavy atom. The van der Waals surface area contributed by atoms with Crippen molar-refractivity contribution in [3.63, 3.8) is 0 Å². The summed E-state index contributed by atoms with van der Waals surface area (Å²) in [6, 6.07) is 5.96. The Balaban J connectivity index is 0.000000254. The fourth-order valence-electron chi connectivity index (χ4n) is 5.87. The Hall–Kier alpha value is -1.44. The topological polar surface area (TPSA) is 156 Å². The molecular formula is C23H37O8P. The van der Waals surface area contributed by atoms with Gasteiger partial charge in [0.05, 0.1) is 6.10 Å². The second kappa shape index (κ2) is 11.1. The molecule has 1 aromatic carbocycles. The highest BCUT2D eigenvalue weighted by molar-refractivity contribution is 7.45. The molecular weight excluding hydrogens is 435 g/mol. The van der Waals surface area contributed by atoms with E-state index >= 15 is 0 Å². The molecule has 0 heterocycles. The highest BCUT2D eigenvalue weighted by Crippen LogP contribution is 2.60. The molecule has 2 fully saturated rings. The second-order valence-electron chi connectivity index (χ2n) is 9.45. The first-order chi connectivity index (χ1) is 14.9. The van der Waals surface area contributed by atoms with E-state index in [-0.39, 0.29) is 11.5 Å². The predicted octanol–water partition coefficient (Wildman–Crippen LogP) is 3.94. The van der Waals surface area contributed by atoms with E-state index < -0.39 is 13.8 Å². The van der Waals surface area contributed by atoms with Crippen LogP contribution in [0.5, 0.6) is 5.75 Å². The number of carboxylic acids is 1. The first-order valence-electron chi connectivity index (χ1n) is 11.4. The quantitative estimate of drug-likeness (QED) is 0.361. The lowest BCUT2D eigenvalue weighted by Gasteiger charge is -2.50. The molecule has 0 unspecified atom stereocenters. The zero-order valence-corrected chi connectivity index (χ0v) is 19.7. The number of carboxylic acid groups (broad SMARTS) is 1. The van der Waals surface area contributed by atoms with Gasteiger partial charge in [0.15, 0.2) is 0 Å². The lowest BCUT2D eigenvalue weighted by atomic mass is 9.55. The Bertz CT molecular complexity index is 814. The van der Waals surface area contributed by atoms with Crippen molar-refractivity contribution in [1.29, 1.82) is 0 Å². The molecule has 0 saturated heterocycles. The van der Waals surface area contributed by atoms with E-state index in [1.165, 1.54) is 30.4 Å². The van der Waals surface area contributed by atoms with Crippen LogP contribution in [0.4, 0.5) is 0 Å². The van der Waals surface area contributed by atoms with Crippen LogP contribution in [0.25, 0.3) is 0 Å². The van der Waals surface area contributed by atoms with E-state index in [9.17, 15) is 15.0 Å². The number of phenolic OH excluding ortho intramolecular Hbond substituents is 1. The van der Waals surface area contributed by atoms with Crippen molar-refractivity contribution in [2.24, 2.45) is 17.3 Å². The molecule has 9 heteroatoms. The van der Waals surface area contributed by atoms with E-state index in [2.05, 4.69) is 13.0 Å². The molecule has 32 heavy (non-hydrogen) atoms. The molecule has 0 amide bonds. The number of benzene rings is 1. The van der Waals surface area contributed by atoms with Crippen LogP contribution in [0, 0.1) is 17.3 Å². The average Bonchev–Trinajstić information content (AvgIpc) is 3.00. The average molecular weight is 473 g/mol. The minimum Gasteiger partial charge on any atom is -0.508 e. The van der Waals surface area contributed by atoms with Gasteiger partial charge in [-0.15, -0.1) is 0 Å². The number of fused-ring (bicyclic) bond motifs is 5. The van der Waals surface area contributed by atoms with Crippen molar-refractivity contribution >= 4 is 13.8 Å². The maximum Gasteiger partial charge on any atom is 0.466 e. The Kier molecular flexibility index (Phi) is 9.32. The molecule has 0 bridgehead atoms. The van der Waals surface area contributed by atoms with Crippen LogP contribution in [0.1, 0.15) is 82.3 Å². The van der Waals surface area contributed by atoms with Crippen molar-refractivity contribution in [3.8, 4) is 5.75 Å². The monoisotopic (exact) mass is 472 g/mol. The largest absolute Gasteiger partial charge is 0.508 e. The summed E-state index contributed by atoms with van der Waals surface area (Å²) in [5.74, 6) is 1.80. The number of phosphoric acid groups is 1. The number of unbranched alkanes of at least 4 members (excludes halogenated alkanes) is 1. The van der Waals surface area contributed by atoms with Crippen LogP contribution in [0.3, 0.4) is 0 Å². The van der Waals surface area contributed by atoms with Crippen molar-refractivity contribution in [3.05, 3.63) is 29.3 Å². The van der Waals surface area contributed by atoms with Crippen LogP contribution in [-0.4, -0.2) is 42.1 Å². The van der Waals surface area contributed by atoms with Gasteiger partial charge in [-0.25, -0.2) is 4.57 Å². The number of rotatable bonds is 3. The van der Waals surface area contributed by atoms with Gasteiger partial charge < -0.3 is 30.0 Å². The molecule has 2 saturated carbocycles. The number of aromatic hydroxyl groups is 1. The minimum atomic E-state index is -4.64. The number of aliphatic hydroxyl groups is 1. The van der Waals surface area contributed by atoms with E-state index in [1.807, 2.05) is 19.1 Å². The third kappa shape index (κ3) is 7.03. The van der Waals surface area contributed by atoms with Crippen LogP contribution < -0.4 is 0 Å². The molecule has 4 rings (SSSR count). The maximum atomic E-state index is 10.4. The number of phenols is 1. The fraction of sp³-hybridized carbons (Fsp3) is 0.696. The molecule has 0 aliphatic heterocycles. The van der Waals surface area contributed by atoms with E-state index in [1.54, 1.807) is 0 Å². The number of hydrogen-bond acceptors (Lipinski definition) is 4. The SMILES string of the molecule is CCCCC(=O)O.C[C@]12CC[C@@H]3c4ccc(O)cc4CC[C@H]3[C@@H]1CC[C@@H]2O.O=P(O)(O)O. The van der Waals surface area contributed by atoms with Crippen molar-refractivity contribution in [1.82, 2.24) is 0 Å². The number of aliphatic hydroxyl groups excluding tert-OH is 1. The van der Waals surface area contributed by atoms with Gasteiger partial charge in [0.25, 0.3) is 0 Å². The van der Waals surface area contributed by atoms with Crippen LogP contribution in [0.15, 0.2) is 18.2 Å². The molecule has 1 aromatic rings. The maximum absolute atomic E-state index is 10.4. The molecule has 5 atom stereocenters. The van der Waals surface area contributed by atoms with Crippen molar-refractivity contribution in [2.75, 3.05) is 0 Å². The summed E-state index contributed by atoms with van der Waals surface area (Å²) < 4.78 is 8.88. The number of hydrogen-bond donors (Lipinski definition) is 6. The van der Waals surface area contributed by atoms with Crippen molar-refractivity contribution < 1.29 is 39.4 Å². The molecule has 0 aromatic heterocycles. The van der Waals surface area contributed by atoms with Gasteiger partial charge >= 0.3 is 13.8 Å². The third-order valence-electron chi connectivity index (χ3n) is 7.40. The number of aliphatic carboxylic acids is 1. The predicted molar refractivity (Wildman–Crippen MR) is 120 cm³/mol. The lowest BCUT2D eigenvalue weighted by Crippen LogP contribution is -2.43. The minimum absolute atomic E-state index is 0.0883. The Morgan fingerprint density at radius 1 is 1.16 bits per heavy atom. The lowest BCUT2D eigenvalue weighted by molar-refractivity contribution is -0.137. The van der Waals surface area contributed by atoms with Crippen LogP contribution >= 0.6 is 7.82 Å². The summed E-state index contributed by atoms with van der Waals surface area (Å²) in [4.78, 5) is 31.3. The van der Waals surface area contributed by atoms with Gasteiger partial charge in [-0.1, -0.05) is 26.3 Å². The fourth-order valence-corrected chi connectivity index (χ4v) is 5.87. The van der Waals surface area contributed by atoms with Crippen LogP contribution in [-0.2, 0) is 15.8 Å². The summed E-state index contributed by atoms with van der Waals surface area (Å²) in [5.41, 5.74) is 2.99. The van der Waals surface area contributed by atoms with E-state index in [4.69, 9.17) is 24.4 Å².